The molecule has 4 aromatic rings. The van der Waals surface area contributed by atoms with Crippen LogP contribution in [-0.2, 0) is 38.5 Å². The lowest BCUT2D eigenvalue weighted by Gasteiger charge is -2.25. The van der Waals surface area contributed by atoms with Gasteiger partial charge < -0.3 is 9.47 Å². The Morgan fingerprint density at radius 1 is 0.842 bits per heavy atom. The second kappa shape index (κ2) is 11.7. The zero-order chi connectivity index (χ0) is 26.3. The van der Waals surface area contributed by atoms with Crippen molar-refractivity contribution in [3.8, 4) is 0 Å². The normalized spacial score (nSPS) is 15.7. The van der Waals surface area contributed by atoms with Crippen molar-refractivity contribution in [1.82, 2.24) is 4.90 Å². The Balaban J connectivity index is 1.39. The molecule has 192 valence electrons. The van der Waals surface area contributed by atoms with E-state index < -0.39 is 29.9 Å². The average molecular weight is 508 g/mol. The average Bonchev–Trinajstić information content (AvgIpc) is 3.31. The van der Waals surface area contributed by atoms with Crippen LogP contribution in [0.15, 0.2) is 103 Å². The predicted molar refractivity (Wildman–Crippen MR) is 144 cm³/mol. The topological polar surface area (TPSA) is 72.9 Å². The Bertz CT molecular complexity index is 1410. The van der Waals surface area contributed by atoms with Gasteiger partial charge in [0, 0.05) is 0 Å². The highest BCUT2D eigenvalue weighted by atomic mass is 16.6. The minimum atomic E-state index is -0.784. The zero-order valence-corrected chi connectivity index (χ0v) is 21.0. The van der Waals surface area contributed by atoms with Gasteiger partial charge in [0.25, 0.3) is 0 Å². The van der Waals surface area contributed by atoms with Crippen LogP contribution < -0.4 is 0 Å². The second-order valence-corrected chi connectivity index (χ2v) is 9.52. The molecule has 0 spiro atoms. The zero-order valence-electron chi connectivity index (χ0n) is 21.0. The molecule has 0 unspecified atom stereocenters. The highest BCUT2D eigenvalue weighted by Gasteiger charge is 2.41. The number of carbonyl (C=O) groups excluding carboxylic acids is 3. The Kier molecular flexibility index (Phi) is 7.78. The molecule has 2 atom stereocenters. The molecule has 0 saturated carbocycles. The number of amides is 2. The minimum Gasteiger partial charge on any atom is -0.461 e. The van der Waals surface area contributed by atoms with Gasteiger partial charge in [-0.15, -0.1) is 0 Å². The van der Waals surface area contributed by atoms with E-state index >= 15 is 0 Å². The maximum Gasteiger partial charge on any atom is 0.416 e. The summed E-state index contributed by atoms with van der Waals surface area (Å²) in [5.41, 5.74) is 2.80. The second-order valence-electron chi connectivity index (χ2n) is 9.52. The summed E-state index contributed by atoms with van der Waals surface area (Å²) < 4.78 is 10.8. The number of fused-ring (bicyclic) bond motifs is 1. The van der Waals surface area contributed by atoms with Gasteiger partial charge in [0.15, 0.2) is 0 Å². The number of rotatable bonds is 9. The minimum absolute atomic E-state index is 0.122. The van der Waals surface area contributed by atoms with Gasteiger partial charge in [0.1, 0.15) is 13.2 Å². The summed E-state index contributed by atoms with van der Waals surface area (Å²) >= 11 is 0. The fourth-order valence-electron chi connectivity index (χ4n) is 4.94. The molecule has 1 aliphatic rings. The number of cyclic esters (lactones) is 1. The van der Waals surface area contributed by atoms with Crippen molar-refractivity contribution in [3.63, 3.8) is 0 Å². The van der Waals surface area contributed by atoms with E-state index in [1.807, 2.05) is 103 Å². The van der Waals surface area contributed by atoms with Crippen molar-refractivity contribution in [1.29, 1.82) is 0 Å². The van der Waals surface area contributed by atoms with E-state index in [1.165, 1.54) is 4.90 Å². The van der Waals surface area contributed by atoms with E-state index in [0.29, 0.717) is 12.8 Å². The summed E-state index contributed by atoms with van der Waals surface area (Å²) in [7, 11) is 0. The molecule has 2 amide bonds. The smallest absolute Gasteiger partial charge is 0.416 e. The lowest BCUT2D eigenvalue weighted by atomic mass is 9.91. The first kappa shape index (κ1) is 25.2. The van der Waals surface area contributed by atoms with Crippen LogP contribution in [0.4, 0.5) is 4.79 Å². The summed E-state index contributed by atoms with van der Waals surface area (Å²) in [5, 5.41) is 2.06. The summed E-state index contributed by atoms with van der Waals surface area (Å²) in [5.74, 6) is -1.69. The van der Waals surface area contributed by atoms with Gasteiger partial charge in [0.2, 0.25) is 5.91 Å². The summed E-state index contributed by atoms with van der Waals surface area (Å²) in [6.07, 6.45) is -0.0340. The van der Waals surface area contributed by atoms with Crippen LogP contribution in [0.3, 0.4) is 0 Å². The molecule has 1 fully saturated rings. The summed E-state index contributed by atoms with van der Waals surface area (Å²) in [6, 6.07) is 32.5. The van der Waals surface area contributed by atoms with Gasteiger partial charge >= 0.3 is 12.1 Å². The van der Waals surface area contributed by atoms with Crippen molar-refractivity contribution < 1.29 is 23.9 Å². The molecule has 4 aromatic carbocycles. The molecule has 0 N–H and O–H groups in total. The van der Waals surface area contributed by atoms with Crippen molar-refractivity contribution in [3.05, 3.63) is 120 Å². The monoisotopic (exact) mass is 507 g/mol. The highest BCUT2D eigenvalue weighted by Crippen LogP contribution is 2.27. The highest BCUT2D eigenvalue weighted by molar-refractivity contribution is 5.97. The van der Waals surface area contributed by atoms with Gasteiger partial charge in [0.05, 0.1) is 18.4 Å². The third-order valence-electron chi connectivity index (χ3n) is 6.86. The third-order valence-corrected chi connectivity index (χ3v) is 6.86. The van der Waals surface area contributed by atoms with Gasteiger partial charge in [-0.05, 0) is 40.3 Å². The van der Waals surface area contributed by atoms with Gasteiger partial charge in [-0.1, -0.05) is 103 Å². The van der Waals surface area contributed by atoms with Gasteiger partial charge in [-0.25, -0.2) is 9.69 Å². The molecule has 0 radical (unpaired) electrons. The number of carbonyl (C=O) groups is 3. The number of hydrogen-bond donors (Lipinski definition) is 0. The van der Waals surface area contributed by atoms with Crippen LogP contribution in [0.2, 0.25) is 0 Å². The Labute approximate surface area is 221 Å². The van der Waals surface area contributed by atoms with Crippen LogP contribution in [0.5, 0.6) is 0 Å². The van der Waals surface area contributed by atoms with Crippen LogP contribution in [0.25, 0.3) is 10.8 Å². The molecule has 0 aliphatic carbocycles. The van der Waals surface area contributed by atoms with Crippen LogP contribution in [0, 0.1) is 5.92 Å². The van der Waals surface area contributed by atoms with Gasteiger partial charge in [-0.3, -0.25) is 9.59 Å². The molecular formula is C32H29NO5. The molecule has 0 bridgehead atoms. The fourth-order valence-corrected chi connectivity index (χ4v) is 4.94. The first-order valence-electron chi connectivity index (χ1n) is 12.8. The lowest BCUT2D eigenvalue weighted by Crippen LogP contribution is -2.44. The first-order valence-corrected chi connectivity index (χ1v) is 12.8. The predicted octanol–water partition coefficient (Wildman–Crippen LogP) is 5.72. The van der Waals surface area contributed by atoms with E-state index in [-0.39, 0.29) is 19.6 Å². The SMILES string of the molecule is O=C(C[C@H](Cc1cccc2ccccc12)C(=O)N1C(=O)OC[C@@H]1Cc1ccccc1)OCc1ccccc1. The number of benzene rings is 4. The van der Waals surface area contributed by atoms with Crippen LogP contribution in [-0.4, -0.2) is 35.5 Å². The van der Waals surface area contributed by atoms with E-state index in [0.717, 1.165) is 27.5 Å². The summed E-state index contributed by atoms with van der Waals surface area (Å²) in [6.45, 7) is 0.246. The molecule has 6 heteroatoms. The van der Waals surface area contributed by atoms with E-state index in [4.69, 9.17) is 9.47 Å². The summed E-state index contributed by atoms with van der Waals surface area (Å²) in [4.78, 5) is 40.8. The number of nitrogens with zero attached hydrogens (tertiary/aromatic N) is 1. The van der Waals surface area contributed by atoms with Gasteiger partial charge in [-0.2, -0.15) is 0 Å². The van der Waals surface area contributed by atoms with E-state index in [9.17, 15) is 14.4 Å². The molecule has 5 rings (SSSR count). The van der Waals surface area contributed by atoms with Crippen LogP contribution >= 0.6 is 0 Å². The quantitative estimate of drug-likeness (QED) is 0.271. The first-order chi connectivity index (χ1) is 18.6. The molecular weight excluding hydrogens is 478 g/mol. The lowest BCUT2D eigenvalue weighted by molar-refractivity contribution is -0.149. The molecule has 0 aromatic heterocycles. The maximum atomic E-state index is 13.9. The van der Waals surface area contributed by atoms with Crippen molar-refractivity contribution in [2.75, 3.05) is 6.61 Å². The molecule has 1 aliphatic heterocycles. The standard InChI is InChI=1S/C32H29NO5/c34-30(37-21-24-12-5-2-6-13-24)20-27(19-26-16-9-15-25-14-7-8-17-29(25)26)31(35)33-28(22-38-32(33)36)18-23-10-3-1-4-11-23/h1-17,27-28H,18-22H2/t27-,28-/m0/s1. The fraction of sp³-hybridized carbons (Fsp3) is 0.219. The van der Waals surface area contributed by atoms with Crippen molar-refractivity contribution in [2.45, 2.75) is 31.9 Å². The molecule has 1 heterocycles. The Hall–Kier alpha value is -4.45. The van der Waals surface area contributed by atoms with E-state index in [2.05, 4.69) is 0 Å². The molecule has 38 heavy (non-hydrogen) atoms. The van der Waals surface area contributed by atoms with Crippen LogP contribution in [0.1, 0.15) is 23.1 Å². The Morgan fingerprint density at radius 2 is 1.50 bits per heavy atom. The third kappa shape index (κ3) is 5.92. The number of hydrogen-bond acceptors (Lipinski definition) is 5. The Morgan fingerprint density at radius 3 is 2.26 bits per heavy atom. The number of ether oxygens (including phenoxy) is 2. The molecule has 6 nitrogen and oxygen atoms in total. The largest absolute Gasteiger partial charge is 0.461 e. The number of imide groups is 1. The van der Waals surface area contributed by atoms with Crippen molar-refractivity contribution >= 4 is 28.7 Å². The maximum absolute atomic E-state index is 13.9. The van der Waals surface area contributed by atoms with Crippen molar-refractivity contribution in [2.24, 2.45) is 5.92 Å². The van der Waals surface area contributed by atoms with E-state index in [1.54, 1.807) is 0 Å². The number of esters is 1. The molecule has 1 saturated heterocycles.